The SMILES string of the molecule is CCC1CN(C(=O)C2(C(N)=NO)CCOCC2)CCO1. The molecule has 1 atom stereocenters. The second-order valence-corrected chi connectivity index (χ2v) is 5.33. The lowest BCUT2D eigenvalue weighted by atomic mass is 9.77. The van der Waals surface area contributed by atoms with Gasteiger partial charge in [-0.3, -0.25) is 4.79 Å². The Kier molecular flexibility index (Phi) is 4.82. The van der Waals surface area contributed by atoms with E-state index >= 15 is 0 Å². The Balaban J connectivity index is 2.18. The van der Waals surface area contributed by atoms with Gasteiger partial charge in [-0.05, 0) is 19.3 Å². The molecular formula is C13H23N3O4. The molecule has 0 aromatic carbocycles. The molecule has 0 aliphatic carbocycles. The number of nitrogens with two attached hydrogens (primary N) is 1. The highest BCUT2D eigenvalue weighted by atomic mass is 16.5. The third-order valence-electron chi connectivity index (χ3n) is 4.24. The molecule has 0 aromatic heterocycles. The van der Waals surface area contributed by atoms with Crippen molar-refractivity contribution in [1.82, 2.24) is 4.90 Å². The fraction of sp³-hybridized carbons (Fsp3) is 0.846. The van der Waals surface area contributed by atoms with E-state index in [1.165, 1.54) is 0 Å². The molecule has 3 N–H and O–H groups in total. The van der Waals surface area contributed by atoms with Crippen molar-refractivity contribution in [2.45, 2.75) is 32.3 Å². The Morgan fingerprint density at radius 3 is 2.75 bits per heavy atom. The van der Waals surface area contributed by atoms with Crippen molar-refractivity contribution in [1.29, 1.82) is 0 Å². The van der Waals surface area contributed by atoms with Crippen LogP contribution in [0.4, 0.5) is 0 Å². The number of amides is 1. The lowest BCUT2D eigenvalue weighted by Crippen LogP contribution is -2.57. The zero-order valence-electron chi connectivity index (χ0n) is 11.9. The van der Waals surface area contributed by atoms with Crippen LogP contribution in [0.5, 0.6) is 0 Å². The van der Waals surface area contributed by atoms with E-state index < -0.39 is 5.41 Å². The number of rotatable bonds is 3. The Bertz CT molecular complexity index is 380. The maximum Gasteiger partial charge on any atom is 0.236 e. The summed E-state index contributed by atoms with van der Waals surface area (Å²) in [4.78, 5) is 14.7. The van der Waals surface area contributed by atoms with Crippen molar-refractivity contribution in [3.05, 3.63) is 0 Å². The molecule has 2 fully saturated rings. The van der Waals surface area contributed by atoms with E-state index in [-0.39, 0.29) is 17.8 Å². The van der Waals surface area contributed by atoms with Gasteiger partial charge in [0.05, 0.1) is 12.7 Å². The monoisotopic (exact) mass is 285 g/mol. The van der Waals surface area contributed by atoms with Crippen molar-refractivity contribution in [2.24, 2.45) is 16.3 Å². The second kappa shape index (κ2) is 6.41. The summed E-state index contributed by atoms with van der Waals surface area (Å²) in [6.07, 6.45) is 1.84. The fourth-order valence-electron chi connectivity index (χ4n) is 2.85. The molecule has 2 rings (SSSR count). The van der Waals surface area contributed by atoms with Crippen molar-refractivity contribution < 1.29 is 19.5 Å². The molecule has 7 heteroatoms. The average Bonchev–Trinajstić information content (AvgIpc) is 2.54. The molecule has 0 bridgehead atoms. The molecule has 0 radical (unpaired) electrons. The summed E-state index contributed by atoms with van der Waals surface area (Å²) in [5, 5.41) is 12.1. The van der Waals surface area contributed by atoms with E-state index in [1.807, 2.05) is 6.92 Å². The predicted molar refractivity (Wildman–Crippen MR) is 72.5 cm³/mol. The maximum atomic E-state index is 12.9. The van der Waals surface area contributed by atoms with Gasteiger partial charge in [-0.25, -0.2) is 0 Å². The van der Waals surface area contributed by atoms with E-state index in [2.05, 4.69) is 5.16 Å². The van der Waals surface area contributed by atoms with E-state index in [0.29, 0.717) is 45.8 Å². The Morgan fingerprint density at radius 1 is 1.45 bits per heavy atom. The van der Waals surface area contributed by atoms with E-state index in [0.717, 1.165) is 6.42 Å². The van der Waals surface area contributed by atoms with Crippen molar-refractivity contribution >= 4 is 11.7 Å². The molecule has 2 aliphatic rings. The summed E-state index contributed by atoms with van der Waals surface area (Å²) in [6.45, 7) is 4.58. The van der Waals surface area contributed by atoms with Crippen LogP contribution in [0.1, 0.15) is 26.2 Å². The Labute approximate surface area is 118 Å². The third-order valence-corrected chi connectivity index (χ3v) is 4.24. The second-order valence-electron chi connectivity index (χ2n) is 5.33. The van der Waals surface area contributed by atoms with Crippen LogP contribution >= 0.6 is 0 Å². The number of oxime groups is 1. The molecular weight excluding hydrogens is 262 g/mol. The Hall–Kier alpha value is -1.34. The van der Waals surface area contributed by atoms with Crippen LogP contribution < -0.4 is 5.73 Å². The van der Waals surface area contributed by atoms with Gasteiger partial charge in [0.25, 0.3) is 0 Å². The first-order chi connectivity index (χ1) is 9.64. The van der Waals surface area contributed by atoms with Crippen LogP contribution in [0, 0.1) is 5.41 Å². The summed E-state index contributed by atoms with van der Waals surface area (Å²) in [6, 6.07) is 0. The van der Waals surface area contributed by atoms with Crippen molar-refractivity contribution in [3.8, 4) is 0 Å². The van der Waals surface area contributed by atoms with Gasteiger partial charge in [0.15, 0.2) is 5.84 Å². The molecule has 0 spiro atoms. The number of amidine groups is 1. The van der Waals surface area contributed by atoms with Gasteiger partial charge in [-0.1, -0.05) is 12.1 Å². The van der Waals surface area contributed by atoms with Crippen LogP contribution in [-0.4, -0.2) is 60.9 Å². The molecule has 1 unspecified atom stereocenters. The van der Waals surface area contributed by atoms with Gasteiger partial charge in [-0.2, -0.15) is 0 Å². The van der Waals surface area contributed by atoms with Crippen LogP contribution in [0.25, 0.3) is 0 Å². The zero-order valence-corrected chi connectivity index (χ0v) is 11.9. The highest BCUT2D eigenvalue weighted by Crippen LogP contribution is 2.33. The smallest absolute Gasteiger partial charge is 0.236 e. The number of carbonyl (C=O) groups is 1. The lowest BCUT2D eigenvalue weighted by Gasteiger charge is -2.41. The topological polar surface area (TPSA) is 97.4 Å². The van der Waals surface area contributed by atoms with Crippen LogP contribution in [-0.2, 0) is 14.3 Å². The minimum absolute atomic E-state index is 0.00894. The first-order valence-electron chi connectivity index (χ1n) is 7.10. The Morgan fingerprint density at radius 2 is 2.15 bits per heavy atom. The number of hydrogen-bond acceptors (Lipinski definition) is 5. The van der Waals surface area contributed by atoms with Gasteiger partial charge < -0.3 is 25.3 Å². The summed E-state index contributed by atoms with van der Waals surface area (Å²) < 4.78 is 10.9. The van der Waals surface area contributed by atoms with Gasteiger partial charge in [0.1, 0.15) is 5.41 Å². The molecule has 114 valence electrons. The molecule has 1 amide bonds. The highest BCUT2D eigenvalue weighted by Gasteiger charge is 2.47. The maximum absolute atomic E-state index is 12.9. The number of morpholine rings is 1. The molecule has 2 saturated heterocycles. The molecule has 0 saturated carbocycles. The van der Waals surface area contributed by atoms with Gasteiger partial charge in [-0.15, -0.1) is 0 Å². The molecule has 2 heterocycles. The number of ether oxygens (including phenoxy) is 2. The number of hydrogen-bond donors (Lipinski definition) is 2. The van der Waals surface area contributed by atoms with E-state index in [1.54, 1.807) is 4.90 Å². The van der Waals surface area contributed by atoms with Crippen LogP contribution in [0.3, 0.4) is 0 Å². The third kappa shape index (κ3) is 2.73. The first kappa shape index (κ1) is 15.1. The molecule has 7 nitrogen and oxygen atoms in total. The van der Waals surface area contributed by atoms with E-state index in [4.69, 9.17) is 20.4 Å². The fourth-order valence-corrected chi connectivity index (χ4v) is 2.85. The van der Waals surface area contributed by atoms with Gasteiger partial charge >= 0.3 is 0 Å². The quantitative estimate of drug-likeness (QED) is 0.333. The van der Waals surface area contributed by atoms with Gasteiger partial charge in [0.2, 0.25) is 5.91 Å². The zero-order chi connectivity index (χ0) is 14.6. The largest absolute Gasteiger partial charge is 0.409 e. The van der Waals surface area contributed by atoms with Crippen LogP contribution in [0.15, 0.2) is 5.16 Å². The highest BCUT2D eigenvalue weighted by molar-refractivity contribution is 6.06. The molecule has 2 aliphatic heterocycles. The molecule has 20 heavy (non-hydrogen) atoms. The lowest BCUT2D eigenvalue weighted by molar-refractivity contribution is -0.150. The average molecular weight is 285 g/mol. The number of nitrogens with zero attached hydrogens (tertiary/aromatic N) is 2. The predicted octanol–water partition coefficient (Wildman–Crippen LogP) is 0.167. The first-order valence-corrected chi connectivity index (χ1v) is 7.10. The summed E-state index contributed by atoms with van der Waals surface area (Å²) in [5.41, 5.74) is 4.90. The van der Waals surface area contributed by atoms with E-state index in [9.17, 15) is 4.79 Å². The number of carbonyl (C=O) groups excluding carboxylic acids is 1. The van der Waals surface area contributed by atoms with Gasteiger partial charge in [0, 0.05) is 26.3 Å². The normalized spacial score (nSPS) is 27.4. The summed E-state index contributed by atoms with van der Waals surface area (Å²) in [5.74, 6) is -0.0804. The summed E-state index contributed by atoms with van der Waals surface area (Å²) in [7, 11) is 0. The molecule has 0 aromatic rings. The standard InChI is InChI=1S/C13H23N3O4/c1-2-10-9-16(5-8-20-10)12(17)13(11(14)15-18)3-6-19-7-4-13/h10,18H,2-9H2,1H3,(H2,14,15). The minimum atomic E-state index is -0.928. The van der Waals surface area contributed by atoms with Crippen LogP contribution in [0.2, 0.25) is 0 Å². The van der Waals surface area contributed by atoms with Crippen molar-refractivity contribution in [3.63, 3.8) is 0 Å². The van der Waals surface area contributed by atoms with Crippen molar-refractivity contribution in [2.75, 3.05) is 32.9 Å². The summed E-state index contributed by atoms with van der Waals surface area (Å²) >= 11 is 0. The minimum Gasteiger partial charge on any atom is -0.409 e.